The lowest BCUT2D eigenvalue weighted by molar-refractivity contribution is 0.634. The fraction of sp³-hybridized carbons (Fsp3) is 0.400. The van der Waals surface area contributed by atoms with Crippen LogP contribution in [0.2, 0.25) is 10.0 Å². The van der Waals surface area contributed by atoms with E-state index >= 15 is 0 Å². The standard InChI is InChI=1S/C10H11Cl2N/c11-7-3-4-9(12)8(5-7)10(13)6-1-2-6/h3-6,10H,1-2,13H2/t10-/m1/s1. The molecule has 3 heteroatoms. The molecule has 0 amide bonds. The van der Waals surface area contributed by atoms with E-state index in [0.717, 1.165) is 10.6 Å². The van der Waals surface area contributed by atoms with Crippen molar-refractivity contribution >= 4 is 23.2 Å². The zero-order valence-electron chi connectivity index (χ0n) is 7.13. The van der Waals surface area contributed by atoms with Crippen molar-refractivity contribution in [2.45, 2.75) is 18.9 Å². The van der Waals surface area contributed by atoms with Crippen molar-refractivity contribution in [2.75, 3.05) is 0 Å². The van der Waals surface area contributed by atoms with Crippen LogP contribution in [0.3, 0.4) is 0 Å². The summed E-state index contributed by atoms with van der Waals surface area (Å²) in [5.74, 6) is 0.607. The Morgan fingerprint density at radius 1 is 1.31 bits per heavy atom. The lowest BCUT2D eigenvalue weighted by Crippen LogP contribution is -2.12. The minimum atomic E-state index is 0.0613. The summed E-state index contributed by atoms with van der Waals surface area (Å²) < 4.78 is 0. The van der Waals surface area contributed by atoms with Gasteiger partial charge in [0, 0.05) is 16.1 Å². The Hall–Kier alpha value is -0.240. The molecule has 13 heavy (non-hydrogen) atoms. The third-order valence-corrected chi connectivity index (χ3v) is 3.03. The van der Waals surface area contributed by atoms with Crippen molar-refractivity contribution in [2.24, 2.45) is 11.7 Å². The van der Waals surface area contributed by atoms with Crippen LogP contribution in [0.4, 0.5) is 0 Å². The van der Waals surface area contributed by atoms with Crippen LogP contribution in [0, 0.1) is 5.92 Å². The molecule has 2 N–H and O–H groups in total. The topological polar surface area (TPSA) is 26.0 Å². The Kier molecular flexibility index (Phi) is 2.50. The molecule has 1 fully saturated rings. The van der Waals surface area contributed by atoms with Crippen molar-refractivity contribution < 1.29 is 0 Å². The van der Waals surface area contributed by atoms with E-state index in [9.17, 15) is 0 Å². The van der Waals surface area contributed by atoms with E-state index in [1.54, 1.807) is 6.07 Å². The lowest BCUT2D eigenvalue weighted by Gasteiger charge is -2.12. The summed E-state index contributed by atoms with van der Waals surface area (Å²) in [5.41, 5.74) is 7.01. The highest BCUT2D eigenvalue weighted by molar-refractivity contribution is 6.33. The Labute approximate surface area is 87.8 Å². The fourth-order valence-electron chi connectivity index (χ4n) is 1.48. The first-order valence-electron chi connectivity index (χ1n) is 4.39. The van der Waals surface area contributed by atoms with Gasteiger partial charge in [0.25, 0.3) is 0 Å². The third-order valence-electron chi connectivity index (χ3n) is 2.45. The molecule has 1 nitrogen and oxygen atoms in total. The molecule has 0 heterocycles. The Morgan fingerprint density at radius 2 is 2.00 bits per heavy atom. The van der Waals surface area contributed by atoms with Crippen LogP contribution in [-0.2, 0) is 0 Å². The largest absolute Gasteiger partial charge is 0.324 e. The van der Waals surface area contributed by atoms with E-state index in [1.165, 1.54) is 12.8 Å². The van der Waals surface area contributed by atoms with Crippen molar-refractivity contribution in [3.63, 3.8) is 0 Å². The Balaban J connectivity index is 2.31. The Morgan fingerprint density at radius 3 is 2.62 bits per heavy atom. The van der Waals surface area contributed by atoms with E-state index in [4.69, 9.17) is 28.9 Å². The van der Waals surface area contributed by atoms with Gasteiger partial charge in [0.05, 0.1) is 0 Å². The van der Waals surface area contributed by atoms with Crippen LogP contribution >= 0.6 is 23.2 Å². The van der Waals surface area contributed by atoms with Crippen molar-refractivity contribution in [3.05, 3.63) is 33.8 Å². The van der Waals surface area contributed by atoms with E-state index < -0.39 is 0 Å². The molecule has 0 spiro atoms. The molecular formula is C10H11Cl2N. The summed E-state index contributed by atoms with van der Waals surface area (Å²) in [6.07, 6.45) is 2.42. The third kappa shape index (κ3) is 1.98. The van der Waals surface area contributed by atoms with Crippen molar-refractivity contribution in [3.8, 4) is 0 Å². The molecule has 1 aliphatic carbocycles. The lowest BCUT2D eigenvalue weighted by atomic mass is 10.0. The van der Waals surface area contributed by atoms with Gasteiger partial charge in [0.1, 0.15) is 0 Å². The number of hydrogen-bond donors (Lipinski definition) is 1. The average Bonchev–Trinajstić information content (AvgIpc) is 2.91. The maximum Gasteiger partial charge on any atom is 0.0454 e. The maximum atomic E-state index is 6.03. The molecule has 1 saturated carbocycles. The highest BCUT2D eigenvalue weighted by Gasteiger charge is 2.30. The van der Waals surface area contributed by atoms with Crippen LogP contribution in [0.25, 0.3) is 0 Å². The maximum absolute atomic E-state index is 6.03. The van der Waals surface area contributed by atoms with Crippen molar-refractivity contribution in [1.82, 2.24) is 0 Å². The number of halogens is 2. The molecule has 0 radical (unpaired) electrons. The van der Waals surface area contributed by atoms with E-state index in [0.29, 0.717) is 10.9 Å². The summed E-state index contributed by atoms with van der Waals surface area (Å²) in [7, 11) is 0. The molecule has 0 aliphatic heterocycles. The summed E-state index contributed by atoms with van der Waals surface area (Å²) in [4.78, 5) is 0. The second-order valence-corrected chi connectivity index (χ2v) is 4.37. The highest BCUT2D eigenvalue weighted by Crippen LogP contribution is 2.41. The van der Waals surface area contributed by atoms with Gasteiger partial charge in [-0.2, -0.15) is 0 Å². The number of hydrogen-bond acceptors (Lipinski definition) is 1. The number of benzene rings is 1. The smallest absolute Gasteiger partial charge is 0.0454 e. The molecule has 0 saturated heterocycles. The van der Waals surface area contributed by atoms with E-state index in [-0.39, 0.29) is 6.04 Å². The zero-order valence-corrected chi connectivity index (χ0v) is 8.65. The van der Waals surface area contributed by atoms with Gasteiger partial charge in [-0.05, 0) is 42.5 Å². The predicted molar refractivity (Wildman–Crippen MR) is 56.1 cm³/mol. The van der Waals surface area contributed by atoms with Gasteiger partial charge in [0.2, 0.25) is 0 Å². The molecule has 0 unspecified atom stereocenters. The first kappa shape index (κ1) is 9.32. The van der Waals surface area contributed by atoms with Crippen LogP contribution in [0.1, 0.15) is 24.4 Å². The van der Waals surface area contributed by atoms with Crippen LogP contribution in [0.15, 0.2) is 18.2 Å². The second kappa shape index (κ2) is 3.49. The molecule has 1 aromatic rings. The molecule has 1 aliphatic rings. The Bertz CT molecular complexity index is 321. The number of rotatable bonds is 2. The van der Waals surface area contributed by atoms with Gasteiger partial charge in [-0.1, -0.05) is 23.2 Å². The van der Waals surface area contributed by atoms with Gasteiger partial charge in [-0.25, -0.2) is 0 Å². The number of nitrogens with two attached hydrogens (primary N) is 1. The molecule has 70 valence electrons. The predicted octanol–water partition coefficient (Wildman–Crippen LogP) is 3.40. The SMILES string of the molecule is N[C@@H](c1cc(Cl)ccc1Cl)C1CC1. The zero-order chi connectivity index (χ0) is 9.42. The van der Waals surface area contributed by atoms with Gasteiger partial charge >= 0.3 is 0 Å². The monoisotopic (exact) mass is 215 g/mol. The van der Waals surface area contributed by atoms with Crippen molar-refractivity contribution in [1.29, 1.82) is 0 Å². The molecule has 0 bridgehead atoms. The van der Waals surface area contributed by atoms with Gasteiger partial charge in [0.15, 0.2) is 0 Å². The summed E-state index contributed by atoms with van der Waals surface area (Å²) in [5, 5.41) is 1.43. The van der Waals surface area contributed by atoms with Gasteiger partial charge < -0.3 is 5.73 Å². The molecular weight excluding hydrogens is 205 g/mol. The summed E-state index contributed by atoms with van der Waals surface area (Å²) in [6, 6.07) is 5.52. The molecule has 2 rings (SSSR count). The minimum absolute atomic E-state index is 0.0613. The van der Waals surface area contributed by atoms with Crippen LogP contribution in [-0.4, -0.2) is 0 Å². The molecule has 0 aromatic heterocycles. The average molecular weight is 216 g/mol. The second-order valence-electron chi connectivity index (χ2n) is 3.53. The summed E-state index contributed by atoms with van der Waals surface area (Å²) >= 11 is 11.9. The van der Waals surface area contributed by atoms with E-state index in [2.05, 4.69) is 0 Å². The quantitative estimate of drug-likeness (QED) is 0.805. The first-order valence-corrected chi connectivity index (χ1v) is 5.14. The molecule has 1 atom stereocenters. The van der Waals surface area contributed by atoms with Crippen LogP contribution < -0.4 is 5.73 Å². The van der Waals surface area contributed by atoms with E-state index in [1.807, 2.05) is 12.1 Å². The first-order chi connectivity index (χ1) is 6.18. The molecule has 1 aromatic carbocycles. The summed E-state index contributed by atoms with van der Waals surface area (Å²) in [6.45, 7) is 0. The normalized spacial score (nSPS) is 18.7. The van der Waals surface area contributed by atoms with Crippen LogP contribution in [0.5, 0.6) is 0 Å². The fourth-order valence-corrected chi connectivity index (χ4v) is 1.90. The van der Waals surface area contributed by atoms with Gasteiger partial charge in [-0.3, -0.25) is 0 Å². The van der Waals surface area contributed by atoms with Gasteiger partial charge in [-0.15, -0.1) is 0 Å². The highest BCUT2D eigenvalue weighted by atomic mass is 35.5. The minimum Gasteiger partial charge on any atom is -0.324 e.